The Balaban J connectivity index is 1.41. The van der Waals surface area contributed by atoms with Crippen molar-refractivity contribution >= 4 is 34.0 Å². The second-order valence-corrected chi connectivity index (χ2v) is 8.70. The molecule has 37 heavy (non-hydrogen) atoms. The minimum atomic E-state index is -0.860. The second kappa shape index (κ2) is 11.4. The van der Waals surface area contributed by atoms with Crippen LogP contribution in [0.4, 0.5) is 5.69 Å². The number of anilines is 1. The third-order valence-corrected chi connectivity index (χ3v) is 6.01. The molecule has 4 aromatic rings. The van der Waals surface area contributed by atoms with E-state index >= 15 is 0 Å². The number of hydrogen-bond donors (Lipinski definition) is 2. The van der Waals surface area contributed by atoms with E-state index in [1.54, 1.807) is 32.2 Å². The molecule has 0 unspecified atom stereocenters. The van der Waals surface area contributed by atoms with Crippen molar-refractivity contribution in [3.8, 4) is 11.5 Å². The largest absolute Gasteiger partial charge is 0.493 e. The molecule has 0 radical (unpaired) electrons. The highest BCUT2D eigenvalue weighted by molar-refractivity contribution is 6.39. The molecule has 0 bridgehead atoms. The maximum absolute atomic E-state index is 12.3. The molecule has 0 saturated heterocycles. The van der Waals surface area contributed by atoms with Gasteiger partial charge in [0.25, 0.3) is 0 Å². The Morgan fingerprint density at radius 1 is 0.865 bits per heavy atom. The minimum absolute atomic E-state index is 0.385. The molecule has 0 heterocycles. The molecule has 4 aromatic carbocycles. The number of rotatable bonds is 7. The van der Waals surface area contributed by atoms with Gasteiger partial charge in [-0.2, -0.15) is 5.10 Å². The van der Waals surface area contributed by atoms with E-state index in [9.17, 15) is 9.59 Å². The zero-order chi connectivity index (χ0) is 26.4. The van der Waals surface area contributed by atoms with Gasteiger partial charge < -0.3 is 14.8 Å². The molecule has 7 heteroatoms. The lowest BCUT2D eigenvalue weighted by Gasteiger charge is -2.13. The number of amides is 2. The number of carbonyl (C=O) groups excluding carboxylic acids is 2. The third-order valence-electron chi connectivity index (χ3n) is 6.01. The molecular weight excluding hydrogens is 466 g/mol. The average Bonchev–Trinajstić information content (AvgIpc) is 2.91. The maximum Gasteiger partial charge on any atom is 0.329 e. The number of fused-ring (bicyclic) bond motifs is 1. The Morgan fingerprint density at radius 2 is 1.65 bits per heavy atom. The number of nitrogens with zero attached hydrogens (tertiary/aromatic N) is 1. The summed E-state index contributed by atoms with van der Waals surface area (Å²) >= 11 is 0. The number of ether oxygens (including phenoxy) is 2. The Bertz CT molecular complexity index is 1490. The summed E-state index contributed by atoms with van der Waals surface area (Å²) in [6.07, 6.45) is 0. The summed E-state index contributed by atoms with van der Waals surface area (Å²) in [7, 11) is 1.57. The number of methoxy groups -OCH3 is 1. The minimum Gasteiger partial charge on any atom is -0.493 e. The van der Waals surface area contributed by atoms with E-state index in [0.29, 0.717) is 35.1 Å². The van der Waals surface area contributed by atoms with Crippen molar-refractivity contribution in [3.63, 3.8) is 0 Å². The molecule has 0 aliphatic heterocycles. The number of carbonyl (C=O) groups is 2. The predicted octanol–water partition coefficient (Wildman–Crippen LogP) is 5.52. The maximum atomic E-state index is 12.3. The highest BCUT2D eigenvalue weighted by atomic mass is 16.5. The number of hydrazone groups is 1. The molecule has 2 N–H and O–H groups in total. The topological polar surface area (TPSA) is 89.0 Å². The summed E-state index contributed by atoms with van der Waals surface area (Å²) in [4.78, 5) is 24.6. The summed E-state index contributed by atoms with van der Waals surface area (Å²) < 4.78 is 11.6. The van der Waals surface area contributed by atoms with Crippen molar-refractivity contribution in [1.29, 1.82) is 0 Å². The van der Waals surface area contributed by atoms with Crippen molar-refractivity contribution in [2.45, 2.75) is 27.4 Å². The van der Waals surface area contributed by atoms with Gasteiger partial charge in [0.05, 0.1) is 12.8 Å². The average molecular weight is 496 g/mol. The van der Waals surface area contributed by atoms with Crippen LogP contribution in [0.1, 0.15) is 29.2 Å². The first kappa shape index (κ1) is 25.4. The van der Waals surface area contributed by atoms with Crippen LogP contribution in [-0.2, 0) is 16.2 Å². The van der Waals surface area contributed by atoms with Crippen molar-refractivity contribution in [2.24, 2.45) is 5.10 Å². The lowest BCUT2D eigenvalue weighted by Crippen LogP contribution is -2.33. The van der Waals surface area contributed by atoms with Gasteiger partial charge >= 0.3 is 11.8 Å². The van der Waals surface area contributed by atoms with Crippen molar-refractivity contribution < 1.29 is 19.1 Å². The van der Waals surface area contributed by atoms with Crippen LogP contribution in [0.2, 0.25) is 0 Å². The van der Waals surface area contributed by atoms with Gasteiger partial charge in [0.1, 0.15) is 6.61 Å². The van der Waals surface area contributed by atoms with E-state index < -0.39 is 11.8 Å². The number of nitrogens with one attached hydrogen (secondary N) is 2. The highest BCUT2D eigenvalue weighted by Gasteiger charge is 2.15. The molecule has 188 valence electrons. The molecule has 0 aliphatic carbocycles. The van der Waals surface area contributed by atoms with Crippen LogP contribution in [-0.4, -0.2) is 24.6 Å². The Hall–Kier alpha value is -4.65. The van der Waals surface area contributed by atoms with E-state index in [0.717, 1.165) is 27.5 Å². The first-order chi connectivity index (χ1) is 17.9. The molecule has 0 aliphatic rings. The third kappa shape index (κ3) is 6.13. The molecule has 0 saturated carbocycles. The first-order valence-corrected chi connectivity index (χ1v) is 11.9. The number of hydrogen-bond acceptors (Lipinski definition) is 5. The van der Waals surface area contributed by atoms with Gasteiger partial charge in [-0.25, -0.2) is 5.43 Å². The summed E-state index contributed by atoms with van der Waals surface area (Å²) in [5.41, 5.74) is 7.12. The fourth-order valence-corrected chi connectivity index (χ4v) is 3.97. The lowest BCUT2D eigenvalue weighted by atomic mass is 10.1. The number of aryl methyl sites for hydroxylation is 2. The number of benzene rings is 4. The van der Waals surface area contributed by atoms with Crippen LogP contribution >= 0.6 is 0 Å². The van der Waals surface area contributed by atoms with Crippen LogP contribution in [0, 0.1) is 13.8 Å². The van der Waals surface area contributed by atoms with Crippen molar-refractivity contribution in [2.75, 3.05) is 12.4 Å². The molecule has 4 rings (SSSR count). The summed E-state index contributed by atoms with van der Waals surface area (Å²) in [5.74, 6) is -0.533. The van der Waals surface area contributed by atoms with Gasteiger partial charge in [-0.1, -0.05) is 60.2 Å². The Morgan fingerprint density at radius 3 is 2.43 bits per heavy atom. The van der Waals surface area contributed by atoms with Gasteiger partial charge in [0.2, 0.25) is 0 Å². The summed E-state index contributed by atoms with van der Waals surface area (Å²) in [5, 5.41) is 8.99. The van der Waals surface area contributed by atoms with E-state index in [2.05, 4.69) is 34.0 Å². The molecule has 7 nitrogen and oxygen atoms in total. The first-order valence-electron chi connectivity index (χ1n) is 11.9. The van der Waals surface area contributed by atoms with Crippen molar-refractivity contribution in [3.05, 3.63) is 101 Å². The van der Waals surface area contributed by atoms with Gasteiger partial charge in [-0.15, -0.1) is 0 Å². The lowest BCUT2D eigenvalue weighted by molar-refractivity contribution is -0.136. The van der Waals surface area contributed by atoms with Crippen LogP contribution < -0.4 is 20.2 Å². The van der Waals surface area contributed by atoms with Crippen LogP contribution in [0.5, 0.6) is 11.5 Å². The van der Waals surface area contributed by atoms with Crippen LogP contribution in [0.3, 0.4) is 0 Å². The normalized spacial score (nSPS) is 11.2. The predicted molar refractivity (Wildman–Crippen MR) is 146 cm³/mol. The van der Waals surface area contributed by atoms with E-state index in [4.69, 9.17) is 9.47 Å². The SMILES string of the molecule is COc1cc(/C(C)=N/NC(=O)C(=O)Nc2ccc(C)cc2C)ccc1OCc1cccc2ccccc12. The van der Waals surface area contributed by atoms with E-state index in [1.165, 1.54) is 0 Å². The molecule has 0 fully saturated rings. The van der Waals surface area contributed by atoms with Crippen LogP contribution in [0.25, 0.3) is 10.8 Å². The fraction of sp³-hybridized carbons (Fsp3) is 0.167. The van der Waals surface area contributed by atoms with E-state index in [1.807, 2.05) is 56.3 Å². The van der Waals surface area contributed by atoms with Crippen molar-refractivity contribution in [1.82, 2.24) is 5.43 Å². The zero-order valence-electron chi connectivity index (χ0n) is 21.3. The monoisotopic (exact) mass is 495 g/mol. The molecule has 2 amide bonds. The highest BCUT2D eigenvalue weighted by Crippen LogP contribution is 2.30. The Kier molecular flexibility index (Phi) is 7.83. The molecule has 0 aromatic heterocycles. The molecular formula is C30H29N3O4. The van der Waals surface area contributed by atoms with Crippen LogP contribution in [0.15, 0.2) is 84.0 Å². The zero-order valence-corrected chi connectivity index (χ0v) is 21.3. The van der Waals surface area contributed by atoms with Gasteiger partial charge in [-0.3, -0.25) is 9.59 Å². The summed E-state index contributed by atoms with van der Waals surface area (Å²) in [6, 6.07) is 25.2. The van der Waals surface area contributed by atoms with Gasteiger partial charge in [0.15, 0.2) is 11.5 Å². The van der Waals surface area contributed by atoms with E-state index in [-0.39, 0.29) is 0 Å². The summed E-state index contributed by atoms with van der Waals surface area (Å²) in [6.45, 7) is 5.94. The second-order valence-electron chi connectivity index (χ2n) is 8.70. The van der Waals surface area contributed by atoms with Gasteiger partial charge in [0, 0.05) is 11.3 Å². The quantitative estimate of drug-likeness (QED) is 0.201. The molecule has 0 spiro atoms. The molecule has 0 atom stereocenters. The smallest absolute Gasteiger partial charge is 0.329 e. The fourth-order valence-electron chi connectivity index (χ4n) is 3.97. The van der Waals surface area contributed by atoms with Gasteiger partial charge in [-0.05, 0) is 66.9 Å². The standard InChI is InChI=1S/C30H29N3O4/c1-19-12-14-26(20(2)16-19)31-29(34)30(35)33-32-21(3)23-13-15-27(28(17-23)36-4)37-18-24-10-7-9-22-8-5-6-11-25(22)24/h5-17H,18H2,1-4H3,(H,31,34)(H,33,35)/b32-21+. The Labute approximate surface area is 216 Å².